The minimum absolute atomic E-state index is 1.06. The summed E-state index contributed by atoms with van der Waals surface area (Å²) in [6, 6.07) is 0. The van der Waals surface area contributed by atoms with E-state index in [9.17, 15) is 0 Å². The molecule has 1 heteroatoms. The molecule has 21 heavy (non-hydrogen) atoms. The van der Waals surface area contributed by atoms with Crippen molar-refractivity contribution in [3.63, 3.8) is 0 Å². The van der Waals surface area contributed by atoms with Gasteiger partial charge in [-0.15, -0.1) is 0 Å². The molecule has 0 aromatic carbocycles. The predicted molar refractivity (Wildman–Crippen MR) is 102 cm³/mol. The summed E-state index contributed by atoms with van der Waals surface area (Å²) >= 11 is 3.45. The van der Waals surface area contributed by atoms with Gasteiger partial charge in [-0.3, -0.25) is 0 Å². The van der Waals surface area contributed by atoms with E-state index in [4.69, 9.17) is 0 Å². The van der Waals surface area contributed by atoms with Crippen LogP contribution in [0, 0.1) is 0 Å². The van der Waals surface area contributed by atoms with Crippen molar-refractivity contribution in [2.75, 3.05) is 5.33 Å². The zero-order valence-corrected chi connectivity index (χ0v) is 15.4. The van der Waals surface area contributed by atoms with Crippen LogP contribution in [0.5, 0.6) is 0 Å². The van der Waals surface area contributed by atoms with Crippen LogP contribution in [0.3, 0.4) is 0 Å². The van der Waals surface area contributed by atoms with E-state index in [-0.39, 0.29) is 0 Å². The molecule has 0 rings (SSSR count). The molecule has 0 fully saturated rings. The Morgan fingerprint density at radius 2 is 1.00 bits per heavy atom. The van der Waals surface area contributed by atoms with E-state index in [1.54, 1.807) is 0 Å². The number of hydrogen-bond acceptors (Lipinski definition) is 0. The van der Waals surface area contributed by atoms with E-state index in [2.05, 4.69) is 71.5 Å². The highest BCUT2D eigenvalue weighted by Crippen LogP contribution is 2.01. The van der Waals surface area contributed by atoms with Crippen molar-refractivity contribution in [1.82, 2.24) is 0 Å². The average Bonchev–Trinajstić information content (AvgIpc) is 2.50. The third-order valence-electron chi connectivity index (χ3n) is 3.21. The summed E-state index contributed by atoms with van der Waals surface area (Å²) in [5.74, 6) is 0. The van der Waals surface area contributed by atoms with Gasteiger partial charge in [0.15, 0.2) is 0 Å². The maximum Gasteiger partial charge on any atom is 0.00314 e. The zero-order valence-electron chi connectivity index (χ0n) is 13.8. The molecule has 0 aliphatic carbocycles. The van der Waals surface area contributed by atoms with Crippen molar-refractivity contribution in [2.45, 2.75) is 71.1 Å². The third kappa shape index (κ3) is 19.4. The molecule has 0 aliphatic heterocycles. The molecule has 0 saturated carbocycles. The molecule has 0 bridgehead atoms. The number of halogens is 1. The quantitative estimate of drug-likeness (QED) is 0.172. The molecule has 0 aromatic rings. The molecule has 0 spiro atoms. The predicted octanol–water partition coefficient (Wildman–Crippen LogP) is 7.53. The van der Waals surface area contributed by atoms with E-state index < -0.39 is 0 Å². The molecule has 0 unspecified atom stereocenters. The van der Waals surface area contributed by atoms with Gasteiger partial charge in [-0.05, 0) is 51.4 Å². The fourth-order valence-electron chi connectivity index (χ4n) is 1.92. The van der Waals surface area contributed by atoms with Crippen molar-refractivity contribution in [3.8, 4) is 0 Å². The van der Waals surface area contributed by atoms with Gasteiger partial charge in [0.1, 0.15) is 0 Å². The Morgan fingerprint density at radius 1 is 0.571 bits per heavy atom. The van der Waals surface area contributed by atoms with Gasteiger partial charge in [0.05, 0.1) is 0 Å². The Kier molecular flexibility index (Phi) is 18.9. The van der Waals surface area contributed by atoms with Crippen LogP contribution in [0.1, 0.15) is 71.1 Å². The highest BCUT2D eigenvalue weighted by molar-refractivity contribution is 9.09. The number of alkyl halides is 1. The largest absolute Gasteiger partial charge is 0.0928 e. The van der Waals surface area contributed by atoms with Gasteiger partial charge in [-0.1, -0.05) is 84.3 Å². The van der Waals surface area contributed by atoms with Gasteiger partial charge in [0.2, 0.25) is 0 Å². The maximum absolute atomic E-state index is 3.45. The standard InChI is InChI=1S/C20H33Br/c1-2-3-4-5-6-7-8-9-10-11-12-13-14-15-16-17-18-19-20-21/h6-7,9-10,12-13,15-16H,2-5,8,11,14,17-20H2,1H3/b7-6+,10-9+,13-12+,16-15+. The van der Waals surface area contributed by atoms with Crippen molar-refractivity contribution in [1.29, 1.82) is 0 Å². The van der Waals surface area contributed by atoms with Gasteiger partial charge in [-0.2, -0.15) is 0 Å². The van der Waals surface area contributed by atoms with Crippen LogP contribution < -0.4 is 0 Å². The molecule has 0 amide bonds. The molecule has 0 heterocycles. The summed E-state index contributed by atoms with van der Waals surface area (Å²) in [4.78, 5) is 0. The number of unbranched alkanes of at least 4 members (excludes halogenated alkanes) is 5. The van der Waals surface area contributed by atoms with Crippen LogP contribution in [0.25, 0.3) is 0 Å². The lowest BCUT2D eigenvalue weighted by atomic mass is 10.2. The Labute approximate surface area is 141 Å². The molecule has 0 atom stereocenters. The molecular weight excluding hydrogens is 320 g/mol. The fraction of sp³-hybridized carbons (Fsp3) is 0.600. The van der Waals surface area contributed by atoms with E-state index >= 15 is 0 Å². The summed E-state index contributed by atoms with van der Waals surface area (Å²) < 4.78 is 0. The molecule has 0 nitrogen and oxygen atoms in total. The molecule has 0 aromatic heterocycles. The lowest BCUT2D eigenvalue weighted by molar-refractivity contribution is 0.728. The van der Waals surface area contributed by atoms with Crippen LogP contribution >= 0.6 is 15.9 Å². The normalized spacial score (nSPS) is 12.7. The first-order valence-corrected chi connectivity index (χ1v) is 9.70. The fourth-order valence-corrected chi connectivity index (χ4v) is 2.31. The van der Waals surface area contributed by atoms with E-state index in [0.717, 1.165) is 24.6 Å². The van der Waals surface area contributed by atoms with E-state index in [1.165, 1.54) is 44.9 Å². The van der Waals surface area contributed by atoms with Crippen LogP contribution in [0.4, 0.5) is 0 Å². The first kappa shape index (κ1) is 20.4. The molecule has 0 N–H and O–H groups in total. The first-order valence-electron chi connectivity index (χ1n) is 8.57. The Morgan fingerprint density at radius 3 is 1.43 bits per heavy atom. The maximum atomic E-state index is 3.45. The van der Waals surface area contributed by atoms with Gasteiger partial charge >= 0.3 is 0 Å². The molecular formula is C20H33Br. The van der Waals surface area contributed by atoms with Gasteiger partial charge in [0.25, 0.3) is 0 Å². The lowest BCUT2D eigenvalue weighted by Crippen LogP contribution is -1.73. The minimum Gasteiger partial charge on any atom is -0.0928 e. The highest BCUT2D eigenvalue weighted by Gasteiger charge is 1.82. The van der Waals surface area contributed by atoms with Crippen LogP contribution in [-0.4, -0.2) is 5.33 Å². The Balaban J connectivity index is 3.35. The van der Waals surface area contributed by atoms with Crippen molar-refractivity contribution >= 4 is 15.9 Å². The van der Waals surface area contributed by atoms with Crippen LogP contribution in [0.2, 0.25) is 0 Å². The molecule has 0 saturated heterocycles. The summed E-state index contributed by atoms with van der Waals surface area (Å²) in [7, 11) is 0. The summed E-state index contributed by atoms with van der Waals surface area (Å²) in [6.07, 6.45) is 30.4. The topological polar surface area (TPSA) is 0 Å². The van der Waals surface area contributed by atoms with E-state index in [0.29, 0.717) is 0 Å². The minimum atomic E-state index is 1.06. The number of rotatable bonds is 14. The second kappa shape index (κ2) is 19.4. The summed E-state index contributed by atoms with van der Waals surface area (Å²) in [5, 5.41) is 1.13. The molecule has 0 radical (unpaired) electrons. The Hall–Kier alpha value is -0.560. The van der Waals surface area contributed by atoms with Gasteiger partial charge < -0.3 is 0 Å². The monoisotopic (exact) mass is 352 g/mol. The first-order chi connectivity index (χ1) is 10.4. The summed E-state index contributed by atoms with van der Waals surface area (Å²) in [5.41, 5.74) is 0. The lowest BCUT2D eigenvalue weighted by Gasteiger charge is -1.90. The van der Waals surface area contributed by atoms with Crippen molar-refractivity contribution in [2.24, 2.45) is 0 Å². The van der Waals surface area contributed by atoms with Crippen molar-refractivity contribution in [3.05, 3.63) is 48.6 Å². The van der Waals surface area contributed by atoms with Crippen molar-refractivity contribution < 1.29 is 0 Å². The molecule has 120 valence electrons. The SMILES string of the molecule is CCCCC/C=C/C/C=C/C/C=C/C/C=C/CCCCBr. The average molecular weight is 353 g/mol. The van der Waals surface area contributed by atoms with Crippen LogP contribution in [-0.2, 0) is 0 Å². The number of hydrogen-bond donors (Lipinski definition) is 0. The van der Waals surface area contributed by atoms with E-state index in [1.807, 2.05) is 0 Å². The second-order valence-electron chi connectivity index (χ2n) is 5.27. The zero-order chi connectivity index (χ0) is 15.4. The Bertz CT molecular complexity index is 267. The van der Waals surface area contributed by atoms with Crippen LogP contribution in [0.15, 0.2) is 48.6 Å². The third-order valence-corrected chi connectivity index (χ3v) is 3.77. The number of allylic oxidation sites excluding steroid dienone is 8. The summed E-state index contributed by atoms with van der Waals surface area (Å²) in [6.45, 7) is 2.25. The van der Waals surface area contributed by atoms with Gasteiger partial charge in [0, 0.05) is 5.33 Å². The smallest absolute Gasteiger partial charge is 0.00314 e. The highest BCUT2D eigenvalue weighted by atomic mass is 79.9. The molecule has 0 aliphatic rings. The van der Waals surface area contributed by atoms with Gasteiger partial charge in [-0.25, -0.2) is 0 Å². The second-order valence-corrected chi connectivity index (χ2v) is 6.07.